The first kappa shape index (κ1) is 31.5. The van der Waals surface area contributed by atoms with Gasteiger partial charge >= 0.3 is 0 Å². The SMILES string of the molecule is CC1(C)c2ccccc2-c2cc3c(cc21)Oc1c(cccc1-c1ccc2oc4c(N(c5ccccc5)c5ccc(-c6ccccc6)cc5)cccc4c2c1)O3. The predicted octanol–water partition coefficient (Wildman–Crippen LogP) is 14.6. The van der Waals surface area contributed by atoms with E-state index in [0.29, 0.717) is 11.5 Å². The molecule has 2 aliphatic rings. The normalized spacial score (nSPS) is 13.3. The maximum Gasteiger partial charge on any atom is 0.177 e. The zero-order chi connectivity index (χ0) is 36.7. The first-order chi connectivity index (χ1) is 27.0. The van der Waals surface area contributed by atoms with Gasteiger partial charge in [0.05, 0.1) is 5.69 Å². The average Bonchev–Trinajstić information content (AvgIpc) is 3.72. The molecule has 262 valence electrons. The molecule has 11 rings (SSSR count). The summed E-state index contributed by atoms with van der Waals surface area (Å²) in [4.78, 5) is 2.27. The molecule has 0 unspecified atom stereocenters. The molecule has 2 heterocycles. The largest absolute Gasteiger partial charge is 0.454 e. The van der Waals surface area contributed by atoms with Crippen LogP contribution >= 0.6 is 0 Å². The van der Waals surface area contributed by atoms with Crippen LogP contribution in [-0.4, -0.2) is 0 Å². The molecule has 55 heavy (non-hydrogen) atoms. The van der Waals surface area contributed by atoms with Gasteiger partial charge in [-0.1, -0.05) is 129 Å². The van der Waals surface area contributed by atoms with Crippen molar-refractivity contribution in [3.63, 3.8) is 0 Å². The molecular formula is C51H35NO3. The Kier molecular flexibility index (Phi) is 6.86. The molecule has 0 bridgehead atoms. The Morgan fingerprint density at radius 2 is 1.11 bits per heavy atom. The molecular weight excluding hydrogens is 675 g/mol. The summed E-state index contributed by atoms with van der Waals surface area (Å²) in [5.74, 6) is 2.88. The van der Waals surface area contributed by atoms with Crippen LogP contribution in [0.4, 0.5) is 17.1 Å². The molecule has 4 nitrogen and oxygen atoms in total. The number of rotatable bonds is 5. The molecule has 0 fully saturated rings. The number of hydrogen-bond acceptors (Lipinski definition) is 4. The van der Waals surface area contributed by atoms with Crippen LogP contribution in [0.5, 0.6) is 23.0 Å². The fourth-order valence-electron chi connectivity index (χ4n) is 8.59. The van der Waals surface area contributed by atoms with Crippen LogP contribution in [0.15, 0.2) is 180 Å². The number of fused-ring (bicyclic) bond motifs is 8. The van der Waals surface area contributed by atoms with Crippen LogP contribution in [-0.2, 0) is 5.41 Å². The van der Waals surface area contributed by atoms with E-state index >= 15 is 0 Å². The Morgan fingerprint density at radius 1 is 0.436 bits per heavy atom. The summed E-state index contributed by atoms with van der Waals surface area (Å²) in [5, 5.41) is 2.08. The van der Waals surface area contributed by atoms with Crippen molar-refractivity contribution in [1.29, 1.82) is 0 Å². The first-order valence-corrected chi connectivity index (χ1v) is 18.7. The Bertz CT molecular complexity index is 2940. The van der Waals surface area contributed by atoms with Crippen molar-refractivity contribution in [2.75, 3.05) is 4.90 Å². The minimum Gasteiger partial charge on any atom is -0.454 e. The van der Waals surface area contributed by atoms with Gasteiger partial charge in [0.1, 0.15) is 5.58 Å². The van der Waals surface area contributed by atoms with E-state index in [2.05, 4.69) is 170 Å². The second-order valence-electron chi connectivity index (χ2n) is 14.9. The summed E-state index contributed by atoms with van der Waals surface area (Å²) in [6.07, 6.45) is 0. The number of hydrogen-bond donors (Lipinski definition) is 0. The Morgan fingerprint density at radius 3 is 1.95 bits per heavy atom. The van der Waals surface area contributed by atoms with E-state index in [1.165, 1.54) is 33.4 Å². The summed E-state index contributed by atoms with van der Waals surface area (Å²) in [5.41, 5.74) is 13.9. The third-order valence-electron chi connectivity index (χ3n) is 11.3. The van der Waals surface area contributed by atoms with Crippen molar-refractivity contribution in [3.8, 4) is 56.4 Å². The lowest BCUT2D eigenvalue weighted by atomic mass is 9.82. The zero-order valence-electron chi connectivity index (χ0n) is 30.4. The molecule has 0 spiro atoms. The maximum atomic E-state index is 6.79. The van der Waals surface area contributed by atoms with Crippen LogP contribution in [0, 0.1) is 0 Å². The summed E-state index contributed by atoms with van der Waals surface area (Å²) >= 11 is 0. The lowest BCUT2D eigenvalue weighted by molar-refractivity contribution is 0.360. The highest BCUT2D eigenvalue weighted by molar-refractivity contribution is 6.11. The maximum absolute atomic E-state index is 6.79. The molecule has 1 aliphatic heterocycles. The number of nitrogens with zero attached hydrogens (tertiary/aromatic N) is 1. The molecule has 9 aromatic rings. The highest BCUT2D eigenvalue weighted by atomic mass is 16.6. The van der Waals surface area contributed by atoms with Gasteiger partial charge in [-0.3, -0.25) is 0 Å². The molecule has 0 saturated carbocycles. The Hall–Kier alpha value is -7.04. The monoisotopic (exact) mass is 709 g/mol. The van der Waals surface area contributed by atoms with E-state index < -0.39 is 0 Å². The Labute approximate surface area is 319 Å². The third kappa shape index (κ3) is 4.92. The van der Waals surface area contributed by atoms with Gasteiger partial charge in [0.15, 0.2) is 28.6 Å². The van der Waals surface area contributed by atoms with Gasteiger partial charge in [-0.05, 0) is 99.6 Å². The molecule has 0 radical (unpaired) electrons. The van der Waals surface area contributed by atoms with Gasteiger partial charge in [-0.25, -0.2) is 0 Å². The standard InChI is InChI=1S/C51H35NO3/c1-51(2)42-20-10-9-17-38(42)40-30-47-48(31-43(40)51)55-50-37(18-12-22-46(50)53-47)34-25-28-45-41(29-34)39-19-11-21-44(49(39)54-45)52(35-15-7-4-8-16-35)36-26-23-33(24-27-36)32-13-5-3-6-14-32/h3-31H,1-2H3. The van der Waals surface area contributed by atoms with Crippen molar-refractivity contribution in [1.82, 2.24) is 0 Å². The average molecular weight is 710 g/mol. The van der Waals surface area contributed by atoms with Crippen LogP contribution in [0.1, 0.15) is 25.0 Å². The van der Waals surface area contributed by atoms with E-state index in [0.717, 1.165) is 61.6 Å². The number of para-hydroxylation sites is 3. The highest BCUT2D eigenvalue weighted by Gasteiger charge is 2.37. The van der Waals surface area contributed by atoms with Gasteiger partial charge in [-0.2, -0.15) is 0 Å². The molecule has 0 N–H and O–H groups in total. The molecule has 1 aliphatic carbocycles. The minimum absolute atomic E-state index is 0.141. The first-order valence-electron chi connectivity index (χ1n) is 18.7. The Balaban J connectivity index is 0.995. The summed E-state index contributed by atoms with van der Waals surface area (Å²) in [6, 6.07) is 61.5. The van der Waals surface area contributed by atoms with Crippen LogP contribution < -0.4 is 14.4 Å². The minimum atomic E-state index is -0.141. The van der Waals surface area contributed by atoms with Crippen LogP contribution in [0.25, 0.3) is 55.3 Å². The van der Waals surface area contributed by atoms with Gasteiger partial charge in [0, 0.05) is 33.1 Å². The van der Waals surface area contributed by atoms with E-state index in [-0.39, 0.29) is 5.41 Å². The number of benzene rings is 8. The van der Waals surface area contributed by atoms with Crippen molar-refractivity contribution >= 4 is 39.0 Å². The molecule has 0 saturated heterocycles. The molecule has 8 aromatic carbocycles. The smallest absolute Gasteiger partial charge is 0.177 e. The van der Waals surface area contributed by atoms with E-state index in [9.17, 15) is 0 Å². The van der Waals surface area contributed by atoms with Gasteiger partial charge in [0.2, 0.25) is 0 Å². The van der Waals surface area contributed by atoms with Crippen molar-refractivity contribution in [2.45, 2.75) is 19.3 Å². The molecule has 0 amide bonds. The molecule has 0 atom stereocenters. The third-order valence-corrected chi connectivity index (χ3v) is 11.3. The molecule has 1 aromatic heterocycles. The summed E-state index contributed by atoms with van der Waals surface area (Å²) in [6.45, 7) is 4.56. The van der Waals surface area contributed by atoms with E-state index in [1.54, 1.807) is 0 Å². The van der Waals surface area contributed by atoms with E-state index in [4.69, 9.17) is 13.9 Å². The second-order valence-corrected chi connectivity index (χ2v) is 14.9. The summed E-state index contributed by atoms with van der Waals surface area (Å²) in [7, 11) is 0. The topological polar surface area (TPSA) is 34.8 Å². The fraction of sp³-hybridized carbons (Fsp3) is 0.0588. The van der Waals surface area contributed by atoms with Crippen molar-refractivity contribution < 1.29 is 13.9 Å². The lowest BCUT2D eigenvalue weighted by Crippen LogP contribution is -2.15. The number of furan rings is 1. The summed E-state index contributed by atoms with van der Waals surface area (Å²) < 4.78 is 20.1. The molecule has 4 heteroatoms. The van der Waals surface area contributed by atoms with Gasteiger partial charge in [-0.15, -0.1) is 0 Å². The van der Waals surface area contributed by atoms with Crippen molar-refractivity contribution in [2.24, 2.45) is 0 Å². The number of anilines is 3. The van der Waals surface area contributed by atoms with E-state index in [1.807, 2.05) is 24.3 Å². The van der Waals surface area contributed by atoms with Gasteiger partial charge < -0.3 is 18.8 Å². The lowest BCUT2D eigenvalue weighted by Gasteiger charge is -2.26. The van der Waals surface area contributed by atoms with Crippen molar-refractivity contribution in [3.05, 3.63) is 187 Å². The second kappa shape index (κ2) is 12.0. The highest BCUT2D eigenvalue weighted by Crippen LogP contribution is 2.56. The van der Waals surface area contributed by atoms with Gasteiger partial charge in [0.25, 0.3) is 0 Å². The van der Waals surface area contributed by atoms with Crippen LogP contribution in [0.2, 0.25) is 0 Å². The number of ether oxygens (including phenoxy) is 2. The predicted molar refractivity (Wildman–Crippen MR) is 223 cm³/mol. The fourth-order valence-corrected chi connectivity index (χ4v) is 8.59. The zero-order valence-corrected chi connectivity index (χ0v) is 30.4. The quantitative estimate of drug-likeness (QED) is 0.178. The van der Waals surface area contributed by atoms with Crippen LogP contribution in [0.3, 0.4) is 0 Å².